The minimum absolute atomic E-state index is 0.0870. The number of hydrogen-bond donors (Lipinski definition) is 4. The van der Waals surface area contributed by atoms with Crippen molar-refractivity contribution in [3.05, 3.63) is 0 Å². The first-order valence-corrected chi connectivity index (χ1v) is 6.18. The predicted molar refractivity (Wildman–Crippen MR) is 63.3 cm³/mol. The zero-order valence-corrected chi connectivity index (χ0v) is 10.9. The van der Waals surface area contributed by atoms with Crippen LogP contribution in [0.4, 0.5) is 0 Å². The maximum atomic E-state index is 10.7. The third kappa shape index (κ3) is 5.80. The van der Waals surface area contributed by atoms with E-state index < -0.39 is 30.5 Å². The molecule has 7 heteroatoms. The van der Waals surface area contributed by atoms with Gasteiger partial charge in [0.05, 0.1) is 6.10 Å². The van der Waals surface area contributed by atoms with E-state index in [4.69, 9.17) is 5.11 Å². The van der Waals surface area contributed by atoms with E-state index in [-0.39, 0.29) is 5.12 Å². The summed E-state index contributed by atoms with van der Waals surface area (Å²) in [6.07, 6.45) is -5.94. The standard InChI is InChI=1S/C10H20O6S/c1-5(4-17-6(2)11)7(12)8(13)9(14)10(15)16-3/h5,7-10,12-15H,4H2,1-3H3/t5?,7-,8+,9?,10-/m1/s1. The number of aliphatic hydroxyl groups excluding tert-OH is 4. The number of methoxy groups -OCH3 is 1. The molecule has 0 radical (unpaired) electrons. The van der Waals surface area contributed by atoms with Crippen molar-refractivity contribution in [2.75, 3.05) is 12.9 Å². The molecular weight excluding hydrogens is 248 g/mol. The smallest absolute Gasteiger partial charge is 0.185 e. The molecule has 0 aromatic heterocycles. The van der Waals surface area contributed by atoms with Crippen molar-refractivity contribution < 1.29 is 30.0 Å². The van der Waals surface area contributed by atoms with Gasteiger partial charge in [0.1, 0.15) is 12.2 Å². The molecule has 0 aliphatic carbocycles. The molecule has 2 unspecified atom stereocenters. The average molecular weight is 268 g/mol. The molecular formula is C10H20O6S. The molecule has 0 aromatic rings. The van der Waals surface area contributed by atoms with Gasteiger partial charge in [0.15, 0.2) is 11.4 Å². The van der Waals surface area contributed by atoms with Crippen LogP contribution in [0.5, 0.6) is 0 Å². The third-order valence-electron chi connectivity index (χ3n) is 2.37. The summed E-state index contributed by atoms with van der Waals surface area (Å²) in [5.41, 5.74) is 0. The number of hydrogen-bond acceptors (Lipinski definition) is 7. The van der Waals surface area contributed by atoms with E-state index in [1.54, 1.807) is 6.92 Å². The summed E-state index contributed by atoms with van der Waals surface area (Å²) < 4.78 is 4.44. The minimum Gasteiger partial charge on any atom is -0.390 e. The van der Waals surface area contributed by atoms with Gasteiger partial charge in [-0.05, 0) is 5.92 Å². The van der Waals surface area contributed by atoms with Crippen LogP contribution < -0.4 is 0 Å². The topological polar surface area (TPSA) is 107 Å². The lowest BCUT2D eigenvalue weighted by atomic mass is 9.97. The third-order valence-corrected chi connectivity index (χ3v) is 3.46. The van der Waals surface area contributed by atoms with E-state index in [1.165, 1.54) is 14.0 Å². The fraction of sp³-hybridized carbons (Fsp3) is 0.900. The van der Waals surface area contributed by atoms with Crippen molar-refractivity contribution in [1.82, 2.24) is 0 Å². The van der Waals surface area contributed by atoms with Crippen LogP contribution in [0, 0.1) is 5.92 Å². The predicted octanol–water partition coefficient (Wildman–Crippen LogP) is -1.05. The van der Waals surface area contributed by atoms with Crippen LogP contribution >= 0.6 is 11.8 Å². The van der Waals surface area contributed by atoms with E-state index in [0.29, 0.717) is 5.75 Å². The first-order valence-electron chi connectivity index (χ1n) is 5.19. The zero-order valence-electron chi connectivity index (χ0n) is 10.1. The van der Waals surface area contributed by atoms with Gasteiger partial charge < -0.3 is 25.2 Å². The number of rotatable bonds is 7. The van der Waals surface area contributed by atoms with Crippen molar-refractivity contribution in [2.45, 2.75) is 38.4 Å². The Hall–Kier alpha value is -0.180. The first kappa shape index (κ1) is 16.8. The number of carbonyl (C=O) groups excluding carboxylic acids is 1. The Labute approximate surface area is 105 Å². The minimum atomic E-state index is -1.60. The van der Waals surface area contributed by atoms with Gasteiger partial charge in [-0.15, -0.1) is 0 Å². The fourth-order valence-corrected chi connectivity index (χ4v) is 1.89. The summed E-state index contributed by atoms with van der Waals surface area (Å²) in [7, 11) is 1.17. The molecule has 0 fully saturated rings. The molecule has 0 bridgehead atoms. The number of carbonyl (C=O) groups is 1. The van der Waals surface area contributed by atoms with Crippen LogP contribution in [0.15, 0.2) is 0 Å². The average Bonchev–Trinajstić information content (AvgIpc) is 2.31. The van der Waals surface area contributed by atoms with Crippen molar-refractivity contribution in [1.29, 1.82) is 0 Å². The molecule has 0 saturated carbocycles. The lowest BCUT2D eigenvalue weighted by molar-refractivity contribution is -0.194. The second kappa shape index (κ2) is 8.02. The van der Waals surface area contributed by atoms with Gasteiger partial charge in [-0.2, -0.15) is 0 Å². The molecule has 0 aromatic carbocycles. The molecule has 0 spiro atoms. The Bertz CT molecular complexity index is 237. The summed E-state index contributed by atoms with van der Waals surface area (Å²) in [5.74, 6) is -0.0822. The summed E-state index contributed by atoms with van der Waals surface area (Å²) in [5, 5.41) is 37.8. The van der Waals surface area contributed by atoms with Crippen LogP contribution in [0.2, 0.25) is 0 Å². The van der Waals surface area contributed by atoms with E-state index in [9.17, 15) is 20.1 Å². The van der Waals surface area contributed by atoms with Crippen LogP contribution in [0.1, 0.15) is 13.8 Å². The molecule has 17 heavy (non-hydrogen) atoms. The zero-order chi connectivity index (χ0) is 13.6. The Morgan fingerprint density at radius 3 is 2.12 bits per heavy atom. The maximum Gasteiger partial charge on any atom is 0.185 e. The Kier molecular flexibility index (Phi) is 7.93. The van der Waals surface area contributed by atoms with Gasteiger partial charge in [-0.1, -0.05) is 18.7 Å². The highest BCUT2D eigenvalue weighted by Gasteiger charge is 2.33. The lowest BCUT2D eigenvalue weighted by Gasteiger charge is -2.28. The molecule has 0 saturated heterocycles. The molecule has 6 nitrogen and oxygen atoms in total. The van der Waals surface area contributed by atoms with Crippen molar-refractivity contribution in [3.63, 3.8) is 0 Å². The highest BCUT2D eigenvalue weighted by Crippen LogP contribution is 2.17. The molecule has 102 valence electrons. The normalized spacial score (nSPS) is 20.4. The number of aliphatic hydroxyl groups is 4. The largest absolute Gasteiger partial charge is 0.390 e. The molecule has 0 aliphatic heterocycles. The van der Waals surface area contributed by atoms with Crippen LogP contribution in [-0.2, 0) is 9.53 Å². The van der Waals surface area contributed by atoms with Crippen LogP contribution in [-0.4, -0.2) is 63.0 Å². The van der Waals surface area contributed by atoms with Gasteiger partial charge in [0, 0.05) is 19.8 Å². The quantitative estimate of drug-likeness (QED) is 0.436. The fourth-order valence-electron chi connectivity index (χ4n) is 1.19. The summed E-state index contributed by atoms with van der Waals surface area (Å²) in [6, 6.07) is 0. The van der Waals surface area contributed by atoms with Gasteiger partial charge >= 0.3 is 0 Å². The lowest BCUT2D eigenvalue weighted by Crippen LogP contribution is -2.47. The number of ether oxygens (including phenoxy) is 1. The van der Waals surface area contributed by atoms with E-state index in [1.807, 2.05) is 0 Å². The van der Waals surface area contributed by atoms with E-state index in [0.717, 1.165) is 11.8 Å². The van der Waals surface area contributed by atoms with Crippen LogP contribution in [0.3, 0.4) is 0 Å². The van der Waals surface area contributed by atoms with E-state index in [2.05, 4.69) is 4.74 Å². The number of thioether (sulfide) groups is 1. The summed E-state index contributed by atoms with van der Waals surface area (Å²) >= 11 is 1.03. The second-order valence-corrected chi connectivity index (χ2v) is 5.07. The van der Waals surface area contributed by atoms with Crippen LogP contribution in [0.25, 0.3) is 0 Å². The van der Waals surface area contributed by atoms with Crippen molar-refractivity contribution in [3.8, 4) is 0 Å². The van der Waals surface area contributed by atoms with Gasteiger partial charge in [-0.3, -0.25) is 4.79 Å². The van der Waals surface area contributed by atoms with Gasteiger partial charge in [0.25, 0.3) is 0 Å². The molecule has 0 aliphatic rings. The molecule has 0 rings (SSSR count). The van der Waals surface area contributed by atoms with E-state index >= 15 is 0 Å². The molecule has 4 N–H and O–H groups in total. The maximum absolute atomic E-state index is 10.7. The molecule has 5 atom stereocenters. The first-order chi connectivity index (χ1) is 7.81. The highest BCUT2D eigenvalue weighted by molar-refractivity contribution is 8.13. The SMILES string of the molecule is CO[C@@H](O)C(O)[C@@H](O)[C@H](O)C(C)CSC(C)=O. The van der Waals surface area contributed by atoms with Gasteiger partial charge in [0.2, 0.25) is 0 Å². The van der Waals surface area contributed by atoms with Crippen molar-refractivity contribution >= 4 is 16.9 Å². The summed E-state index contributed by atoms with van der Waals surface area (Å²) in [6.45, 7) is 3.04. The van der Waals surface area contributed by atoms with Crippen molar-refractivity contribution in [2.24, 2.45) is 5.92 Å². The Morgan fingerprint density at radius 2 is 1.71 bits per heavy atom. The summed E-state index contributed by atoms with van der Waals surface area (Å²) in [4.78, 5) is 10.7. The Morgan fingerprint density at radius 1 is 1.18 bits per heavy atom. The Balaban J connectivity index is 4.27. The van der Waals surface area contributed by atoms with Gasteiger partial charge in [-0.25, -0.2) is 0 Å². The highest BCUT2D eigenvalue weighted by atomic mass is 32.2. The molecule has 0 amide bonds. The second-order valence-electron chi connectivity index (χ2n) is 3.88. The monoisotopic (exact) mass is 268 g/mol. The molecule has 0 heterocycles.